The van der Waals surface area contributed by atoms with Crippen molar-refractivity contribution >= 4 is 51.4 Å². The van der Waals surface area contributed by atoms with Gasteiger partial charge < -0.3 is 10.6 Å². The lowest BCUT2D eigenvalue weighted by atomic mass is 9.89. The molecule has 1 atom stereocenters. The summed E-state index contributed by atoms with van der Waals surface area (Å²) in [6, 6.07) is 8.85. The lowest BCUT2D eigenvalue weighted by Gasteiger charge is -2.17. The van der Waals surface area contributed by atoms with Crippen LogP contribution in [-0.2, 0) is 17.6 Å². The Morgan fingerprint density at radius 1 is 1.29 bits per heavy atom. The molecule has 1 aliphatic heterocycles. The zero-order chi connectivity index (χ0) is 22.1. The molecular formula is C22H20N4O3S2. The van der Waals surface area contributed by atoms with Crippen LogP contribution in [0.3, 0.4) is 0 Å². The minimum atomic E-state index is -0.414. The van der Waals surface area contributed by atoms with Crippen LogP contribution in [0.5, 0.6) is 0 Å². The van der Waals surface area contributed by atoms with E-state index in [-0.39, 0.29) is 18.1 Å². The average Bonchev–Trinajstić information content (AvgIpc) is 3.20. The molecular weight excluding hydrogens is 432 g/mol. The number of nitrogens with zero attached hydrogens (tertiary/aromatic N) is 2. The Morgan fingerprint density at radius 2 is 1.97 bits per heavy atom. The van der Waals surface area contributed by atoms with Crippen LogP contribution < -0.4 is 10.6 Å². The monoisotopic (exact) mass is 452 g/mol. The van der Waals surface area contributed by atoms with Gasteiger partial charge in [-0.2, -0.15) is 5.26 Å². The van der Waals surface area contributed by atoms with E-state index >= 15 is 0 Å². The zero-order valence-corrected chi connectivity index (χ0v) is 18.5. The Balaban J connectivity index is 1.34. The summed E-state index contributed by atoms with van der Waals surface area (Å²) in [7, 11) is 0. The van der Waals surface area contributed by atoms with Gasteiger partial charge in [-0.3, -0.25) is 19.3 Å². The molecule has 0 saturated carbocycles. The van der Waals surface area contributed by atoms with Gasteiger partial charge in [0, 0.05) is 17.8 Å². The molecule has 1 aliphatic carbocycles. The number of nitrogens with one attached hydrogen (secondary N) is 2. The second-order valence-corrected chi connectivity index (χ2v) is 9.24. The predicted molar refractivity (Wildman–Crippen MR) is 121 cm³/mol. The molecule has 0 saturated heterocycles. The number of anilines is 1. The molecule has 2 N–H and O–H groups in total. The Labute approximate surface area is 189 Å². The standard InChI is InChI=1S/C22H20N4O3S2/c1-12-6-7-13-16(11-23)19(31-17(13)10-12)25-22(30)24-18(27)8-9-26-20(28)14-4-2-3-5-15(14)21(26)29/h2-5,12H,6-10H2,1H3,(H2,24,25,27,30). The van der Waals surface area contributed by atoms with Crippen LogP contribution in [0.1, 0.15) is 56.5 Å². The van der Waals surface area contributed by atoms with E-state index in [0.717, 1.165) is 29.7 Å². The van der Waals surface area contributed by atoms with Gasteiger partial charge >= 0.3 is 0 Å². The number of thiophene rings is 1. The first-order valence-electron chi connectivity index (χ1n) is 9.99. The van der Waals surface area contributed by atoms with Crippen molar-refractivity contribution in [1.29, 1.82) is 5.26 Å². The van der Waals surface area contributed by atoms with Crippen molar-refractivity contribution in [2.24, 2.45) is 5.92 Å². The van der Waals surface area contributed by atoms with Gasteiger partial charge in [-0.25, -0.2) is 0 Å². The highest BCUT2D eigenvalue weighted by molar-refractivity contribution is 7.80. The van der Waals surface area contributed by atoms with Crippen molar-refractivity contribution in [3.8, 4) is 6.07 Å². The summed E-state index contributed by atoms with van der Waals surface area (Å²) in [4.78, 5) is 39.4. The third kappa shape index (κ3) is 4.09. The fourth-order valence-corrected chi connectivity index (χ4v) is 5.58. The highest BCUT2D eigenvalue weighted by Gasteiger charge is 2.35. The molecule has 1 aromatic carbocycles. The molecule has 2 aliphatic rings. The summed E-state index contributed by atoms with van der Waals surface area (Å²) in [5, 5.41) is 15.9. The normalized spacial score (nSPS) is 17.0. The van der Waals surface area contributed by atoms with E-state index in [9.17, 15) is 19.6 Å². The third-order valence-corrected chi connectivity index (χ3v) is 6.92. The van der Waals surface area contributed by atoms with Gasteiger partial charge in [0.2, 0.25) is 5.91 Å². The molecule has 0 radical (unpaired) electrons. The Hall–Kier alpha value is -3.09. The predicted octanol–water partition coefficient (Wildman–Crippen LogP) is 3.24. The number of rotatable bonds is 4. The smallest absolute Gasteiger partial charge is 0.261 e. The molecule has 0 fully saturated rings. The van der Waals surface area contributed by atoms with E-state index in [1.165, 1.54) is 16.2 Å². The summed E-state index contributed by atoms with van der Waals surface area (Å²) >= 11 is 6.75. The molecule has 4 rings (SSSR count). The number of carbonyl (C=O) groups is 3. The zero-order valence-electron chi connectivity index (χ0n) is 16.9. The number of imide groups is 1. The summed E-state index contributed by atoms with van der Waals surface area (Å²) in [5.41, 5.74) is 2.37. The van der Waals surface area contributed by atoms with Gasteiger partial charge in [0.1, 0.15) is 11.1 Å². The highest BCUT2D eigenvalue weighted by atomic mass is 32.1. The molecule has 0 bridgehead atoms. The highest BCUT2D eigenvalue weighted by Crippen LogP contribution is 2.39. The first-order valence-corrected chi connectivity index (χ1v) is 11.2. The number of fused-ring (bicyclic) bond motifs is 2. The molecule has 3 amide bonds. The second-order valence-electron chi connectivity index (χ2n) is 7.73. The lowest BCUT2D eigenvalue weighted by molar-refractivity contribution is -0.119. The molecule has 2 heterocycles. The van der Waals surface area contributed by atoms with Crippen LogP contribution in [0.15, 0.2) is 24.3 Å². The van der Waals surface area contributed by atoms with Crippen molar-refractivity contribution in [2.45, 2.75) is 32.6 Å². The minimum Gasteiger partial charge on any atom is -0.323 e. The first-order chi connectivity index (χ1) is 14.9. The first kappa shape index (κ1) is 21.2. The fourth-order valence-electron chi connectivity index (χ4n) is 3.94. The van der Waals surface area contributed by atoms with Crippen LogP contribution >= 0.6 is 23.6 Å². The second kappa shape index (κ2) is 8.57. The van der Waals surface area contributed by atoms with Gasteiger partial charge in [-0.15, -0.1) is 11.3 Å². The largest absolute Gasteiger partial charge is 0.323 e. The van der Waals surface area contributed by atoms with Crippen LogP contribution in [-0.4, -0.2) is 34.3 Å². The van der Waals surface area contributed by atoms with E-state index < -0.39 is 17.7 Å². The minimum absolute atomic E-state index is 0.0323. The fraction of sp³-hybridized carbons (Fsp3) is 0.318. The number of thiocarbonyl (C=S) groups is 1. The van der Waals surface area contributed by atoms with Crippen LogP contribution in [0.4, 0.5) is 5.00 Å². The Kier molecular flexibility index (Phi) is 5.85. The van der Waals surface area contributed by atoms with E-state index in [1.54, 1.807) is 24.3 Å². The van der Waals surface area contributed by atoms with Gasteiger partial charge in [0.05, 0.1) is 16.7 Å². The topological polar surface area (TPSA) is 102 Å². The van der Waals surface area contributed by atoms with Crippen molar-refractivity contribution in [1.82, 2.24) is 10.2 Å². The molecule has 1 aromatic heterocycles. The van der Waals surface area contributed by atoms with E-state index in [0.29, 0.717) is 27.6 Å². The number of hydrogen-bond acceptors (Lipinski definition) is 6. The maximum Gasteiger partial charge on any atom is 0.261 e. The van der Waals surface area contributed by atoms with Crippen molar-refractivity contribution < 1.29 is 14.4 Å². The van der Waals surface area contributed by atoms with Crippen molar-refractivity contribution in [3.05, 3.63) is 51.4 Å². The average molecular weight is 453 g/mol. The Bertz CT molecular complexity index is 1110. The van der Waals surface area contributed by atoms with E-state index in [1.807, 2.05) is 0 Å². The molecule has 7 nitrogen and oxygen atoms in total. The molecule has 9 heteroatoms. The van der Waals surface area contributed by atoms with Crippen LogP contribution in [0, 0.1) is 17.2 Å². The summed E-state index contributed by atoms with van der Waals surface area (Å²) in [6.07, 6.45) is 2.79. The summed E-state index contributed by atoms with van der Waals surface area (Å²) in [6.45, 7) is 2.16. The number of benzene rings is 1. The number of carbonyl (C=O) groups excluding carboxylic acids is 3. The van der Waals surface area contributed by atoms with Gasteiger partial charge in [-0.05, 0) is 55.1 Å². The summed E-state index contributed by atoms with van der Waals surface area (Å²) in [5.74, 6) is -0.626. The van der Waals surface area contributed by atoms with Gasteiger partial charge in [0.25, 0.3) is 11.8 Å². The lowest BCUT2D eigenvalue weighted by Crippen LogP contribution is -2.38. The SMILES string of the molecule is CC1CCc2c(sc(NC(=S)NC(=O)CCN3C(=O)c4ccccc4C3=O)c2C#N)C1. The third-order valence-electron chi connectivity index (χ3n) is 5.54. The number of nitriles is 1. The van der Waals surface area contributed by atoms with E-state index in [4.69, 9.17) is 12.2 Å². The quantitative estimate of drug-likeness (QED) is 0.545. The maximum atomic E-state index is 12.4. The van der Waals surface area contributed by atoms with Crippen molar-refractivity contribution in [3.63, 3.8) is 0 Å². The Morgan fingerprint density at radius 3 is 2.61 bits per heavy atom. The molecule has 31 heavy (non-hydrogen) atoms. The molecule has 0 spiro atoms. The van der Waals surface area contributed by atoms with Crippen molar-refractivity contribution in [2.75, 3.05) is 11.9 Å². The summed E-state index contributed by atoms with van der Waals surface area (Å²) < 4.78 is 0. The molecule has 158 valence electrons. The van der Waals surface area contributed by atoms with Crippen LogP contribution in [0.25, 0.3) is 0 Å². The van der Waals surface area contributed by atoms with E-state index in [2.05, 4.69) is 23.6 Å². The van der Waals surface area contributed by atoms with Gasteiger partial charge in [0.15, 0.2) is 5.11 Å². The van der Waals surface area contributed by atoms with Crippen LogP contribution in [0.2, 0.25) is 0 Å². The maximum absolute atomic E-state index is 12.4. The number of amides is 3. The molecule has 2 aromatic rings. The van der Waals surface area contributed by atoms with Gasteiger partial charge in [-0.1, -0.05) is 19.1 Å². The number of hydrogen-bond donors (Lipinski definition) is 2. The molecule has 1 unspecified atom stereocenters.